The Kier molecular flexibility index (Phi) is 6.26. The number of amides is 1. The van der Waals surface area contributed by atoms with Crippen molar-refractivity contribution in [2.45, 2.75) is 26.9 Å². The molecule has 0 heterocycles. The van der Waals surface area contributed by atoms with Crippen LogP contribution in [-0.2, 0) is 14.8 Å². The van der Waals surface area contributed by atoms with Crippen molar-refractivity contribution in [1.82, 2.24) is 0 Å². The number of sulfonamides is 1. The molecule has 0 saturated carbocycles. The predicted octanol–water partition coefficient (Wildman–Crippen LogP) is 3.19. The number of carbonyl (C=O) groups excluding carboxylic acids is 1. The van der Waals surface area contributed by atoms with Crippen molar-refractivity contribution in [1.29, 1.82) is 0 Å². The van der Waals surface area contributed by atoms with E-state index in [1.165, 1.54) is 0 Å². The molecule has 0 fully saturated rings. The van der Waals surface area contributed by atoms with E-state index >= 15 is 0 Å². The van der Waals surface area contributed by atoms with Crippen LogP contribution < -0.4 is 14.4 Å². The van der Waals surface area contributed by atoms with Crippen molar-refractivity contribution in [2.24, 2.45) is 0 Å². The standard InChI is InChI=1S/C19H24N2O4S/c1-14(2)25-18-11-6-5-10-17(18)21(26(4,23)24)13-19(22)20-16-9-7-8-15(3)12-16/h5-12,14H,13H2,1-4H3,(H,20,22). The number of anilines is 2. The number of hydrogen-bond donors (Lipinski definition) is 1. The van der Waals surface area contributed by atoms with Crippen LogP contribution in [0.4, 0.5) is 11.4 Å². The number of carbonyl (C=O) groups is 1. The van der Waals surface area contributed by atoms with Crippen LogP contribution in [0.1, 0.15) is 19.4 Å². The average Bonchev–Trinajstić information content (AvgIpc) is 2.52. The molecule has 0 radical (unpaired) electrons. The van der Waals surface area contributed by atoms with Gasteiger partial charge in [-0.2, -0.15) is 0 Å². The quantitative estimate of drug-likeness (QED) is 0.805. The van der Waals surface area contributed by atoms with Gasteiger partial charge in [0.25, 0.3) is 0 Å². The lowest BCUT2D eigenvalue weighted by Crippen LogP contribution is -2.37. The topological polar surface area (TPSA) is 75.7 Å². The third kappa shape index (κ3) is 5.49. The average molecular weight is 376 g/mol. The maximum absolute atomic E-state index is 12.4. The highest BCUT2D eigenvalue weighted by atomic mass is 32.2. The smallest absolute Gasteiger partial charge is 0.245 e. The van der Waals surface area contributed by atoms with Gasteiger partial charge in [0.2, 0.25) is 15.9 Å². The molecule has 140 valence electrons. The van der Waals surface area contributed by atoms with E-state index in [-0.39, 0.29) is 12.6 Å². The van der Waals surface area contributed by atoms with Gasteiger partial charge in [0, 0.05) is 5.69 Å². The molecule has 0 aliphatic rings. The van der Waals surface area contributed by atoms with Gasteiger partial charge < -0.3 is 10.1 Å². The van der Waals surface area contributed by atoms with Crippen molar-refractivity contribution in [3.63, 3.8) is 0 Å². The van der Waals surface area contributed by atoms with E-state index in [2.05, 4.69) is 5.32 Å². The molecule has 7 heteroatoms. The Bertz CT molecular complexity index is 879. The molecular weight excluding hydrogens is 352 g/mol. The monoisotopic (exact) mass is 376 g/mol. The zero-order valence-corrected chi connectivity index (χ0v) is 16.2. The molecule has 1 amide bonds. The van der Waals surface area contributed by atoms with Crippen molar-refractivity contribution in [3.05, 3.63) is 54.1 Å². The fourth-order valence-corrected chi connectivity index (χ4v) is 3.31. The maximum Gasteiger partial charge on any atom is 0.245 e. The van der Waals surface area contributed by atoms with Crippen LogP contribution in [0, 0.1) is 6.92 Å². The van der Waals surface area contributed by atoms with Gasteiger partial charge in [0.1, 0.15) is 12.3 Å². The van der Waals surface area contributed by atoms with E-state index in [0.717, 1.165) is 16.1 Å². The molecule has 0 saturated heterocycles. The van der Waals surface area contributed by atoms with Crippen molar-refractivity contribution < 1.29 is 17.9 Å². The molecule has 26 heavy (non-hydrogen) atoms. The molecule has 2 aromatic rings. The second-order valence-electron chi connectivity index (χ2n) is 6.32. The predicted molar refractivity (Wildman–Crippen MR) is 104 cm³/mol. The van der Waals surface area contributed by atoms with Crippen LogP contribution >= 0.6 is 0 Å². The molecule has 1 N–H and O–H groups in total. The van der Waals surface area contributed by atoms with Crippen LogP contribution in [-0.4, -0.2) is 33.2 Å². The molecule has 0 aliphatic carbocycles. The molecule has 0 aromatic heterocycles. The highest BCUT2D eigenvalue weighted by Crippen LogP contribution is 2.30. The zero-order valence-electron chi connectivity index (χ0n) is 15.4. The van der Waals surface area contributed by atoms with E-state index in [0.29, 0.717) is 17.1 Å². The van der Waals surface area contributed by atoms with E-state index < -0.39 is 15.9 Å². The van der Waals surface area contributed by atoms with Gasteiger partial charge >= 0.3 is 0 Å². The summed E-state index contributed by atoms with van der Waals surface area (Å²) >= 11 is 0. The summed E-state index contributed by atoms with van der Waals surface area (Å²) in [6.07, 6.45) is 0.942. The Labute approximate surface area is 154 Å². The van der Waals surface area contributed by atoms with Gasteiger partial charge in [-0.25, -0.2) is 8.42 Å². The number of ether oxygens (including phenoxy) is 1. The molecule has 2 rings (SSSR count). The number of nitrogens with one attached hydrogen (secondary N) is 1. The summed E-state index contributed by atoms with van der Waals surface area (Å²) in [5.41, 5.74) is 1.96. The molecule has 0 unspecified atom stereocenters. The summed E-state index contributed by atoms with van der Waals surface area (Å²) in [5, 5.41) is 2.73. The first-order chi connectivity index (χ1) is 12.2. The Hall–Kier alpha value is -2.54. The van der Waals surface area contributed by atoms with Crippen LogP contribution in [0.15, 0.2) is 48.5 Å². The van der Waals surface area contributed by atoms with Gasteiger partial charge in [0.15, 0.2) is 0 Å². The second-order valence-corrected chi connectivity index (χ2v) is 8.23. The van der Waals surface area contributed by atoms with Gasteiger partial charge in [0.05, 0.1) is 18.0 Å². The molecule has 6 nitrogen and oxygen atoms in total. The molecule has 0 bridgehead atoms. The number of para-hydroxylation sites is 2. The number of rotatable bonds is 7. The van der Waals surface area contributed by atoms with Crippen molar-refractivity contribution in [3.8, 4) is 5.75 Å². The first-order valence-electron chi connectivity index (χ1n) is 8.26. The molecule has 0 atom stereocenters. The van der Waals surface area contributed by atoms with E-state index in [1.807, 2.05) is 39.0 Å². The minimum absolute atomic E-state index is 0.126. The van der Waals surface area contributed by atoms with Gasteiger partial charge in [-0.15, -0.1) is 0 Å². The van der Waals surface area contributed by atoms with E-state index in [4.69, 9.17) is 4.74 Å². The maximum atomic E-state index is 12.4. The fourth-order valence-electron chi connectivity index (χ4n) is 2.45. The van der Waals surface area contributed by atoms with Crippen LogP contribution in [0.2, 0.25) is 0 Å². The van der Waals surface area contributed by atoms with E-state index in [9.17, 15) is 13.2 Å². The molecular formula is C19H24N2O4S. The lowest BCUT2D eigenvalue weighted by atomic mass is 10.2. The van der Waals surface area contributed by atoms with Gasteiger partial charge in [-0.1, -0.05) is 24.3 Å². The van der Waals surface area contributed by atoms with Gasteiger partial charge in [-0.05, 0) is 50.6 Å². The second kappa shape index (κ2) is 8.23. The van der Waals surface area contributed by atoms with Crippen LogP contribution in [0.25, 0.3) is 0 Å². The lowest BCUT2D eigenvalue weighted by Gasteiger charge is -2.25. The van der Waals surface area contributed by atoms with Crippen LogP contribution in [0.3, 0.4) is 0 Å². The Balaban J connectivity index is 2.28. The first kappa shape index (κ1) is 19.8. The lowest BCUT2D eigenvalue weighted by molar-refractivity contribution is -0.114. The Morgan fingerprint density at radius 3 is 2.46 bits per heavy atom. The minimum atomic E-state index is -3.68. The number of benzene rings is 2. The number of nitrogens with zero attached hydrogens (tertiary/aromatic N) is 1. The van der Waals surface area contributed by atoms with Crippen molar-refractivity contribution >= 4 is 27.3 Å². The summed E-state index contributed by atoms with van der Waals surface area (Å²) in [6.45, 7) is 5.28. The summed E-state index contributed by atoms with van der Waals surface area (Å²) in [7, 11) is -3.68. The van der Waals surface area contributed by atoms with Gasteiger partial charge in [-0.3, -0.25) is 9.10 Å². The molecule has 0 aliphatic heterocycles. The summed E-state index contributed by atoms with van der Waals surface area (Å²) in [6, 6.07) is 14.1. The number of aryl methyl sites for hydroxylation is 1. The highest BCUT2D eigenvalue weighted by Gasteiger charge is 2.24. The summed E-state index contributed by atoms with van der Waals surface area (Å²) < 4.78 is 31.4. The normalized spacial score (nSPS) is 11.3. The third-order valence-corrected chi connectivity index (χ3v) is 4.61. The van der Waals surface area contributed by atoms with Crippen LogP contribution in [0.5, 0.6) is 5.75 Å². The van der Waals surface area contributed by atoms with Crippen molar-refractivity contribution in [2.75, 3.05) is 22.4 Å². The molecule has 2 aromatic carbocycles. The Morgan fingerprint density at radius 2 is 1.85 bits per heavy atom. The largest absolute Gasteiger partial charge is 0.489 e. The first-order valence-corrected chi connectivity index (χ1v) is 10.1. The fraction of sp³-hybridized carbons (Fsp3) is 0.316. The Morgan fingerprint density at radius 1 is 1.15 bits per heavy atom. The highest BCUT2D eigenvalue weighted by molar-refractivity contribution is 7.92. The molecule has 0 spiro atoms. The minimum Gasteiger partial charge on any atom is -0.489 e. The zero-order chi connectivity index (χ0) is 19.3. The van der Waals surface area contributed by atoms with E-state index in [1.54, 1.807) is 30.3 Å². The number of hydrogen-bond acceptors (Lipinski definition) is 4. The summed E-state index contributed by atoms with van der Waals surface area (Å²) in [5.74, 6) is -0.0170. The third-order valence-electron chi connectivity index (χ3n) is 3.49. The SMILES string of the molecule is Cc1cccc(NC(=O)CN(c2ccccc2OC(C)C)S(C)(=O)=O)c1. The summed E-state index contributed by atoms with van der Waals surface area (Å²) in [4.78, 5) is 12.4.